The number of hydrogen-bond donors (Lipinski definition) is 0. The number of carbonyl (C=O) groups is 1. The lowest BCUT2D eigenvalue weighted by Crippen LogP contribution is -2.24. The van der Waals surface area contributed by atoms with Crippen molar-refractivity contribution in [3.8, 4) is 0 Å². The fraction of sp³-hybridized carbons (Fsp3) is 0.417. The molecule has 1 aromatic rings. The number of hydrogen-bond acceptors (Lipinski definition) is 4. The Labute approximate surface area is 101 Å². The molecule has 0 saturated heterocycles. The highest BCUT2D eigenvalue weighted by molar-refractivity contribution is 7.99. The molecule has 0 aromatic heterocycles. The number of anilines is 1. The summed E-state index contributed by atoms with van der Waals surface area (Å²) in [7, 11) is 1.98. The van der Waals surface area contributed by atoms with Crippen molar-refractivity contribution < 1.29 is 9.53 Å². The van der Waals surface area contributed by atoms with Gasteiger partial charge in [-0.15, -0.1) is 0 Å². The molecule has 0 radical (unpaired) electrons. The molecule has 0 unspecified atom stereocenters. The van der Waals surface area contributed by atoms with E-state index in [9.17, 15) is 4.79 Å². The van der Waals surface area contributed by atoms with E-state index < -0.39 is 0 Å². The average molecular weight is 239 g/mol. The lowest BCUT2D eigenvalue weighted by molar-refractivity contribution is -0.140. The molecule has 0 bridgehead atoms. The number of para-hydroxylation sites is 1. The van der Waals surface area contributed by atoms with Gasteiger partial charge in [0, 0.05) is 12.7 Å². The minimum absolute atomic E-state index is 0.144. The lowest BCUT2D eigenvalue weighted by atomic mass is 10.3. The first-order valence-electron chi connectivity index (χ1n) is 5.15. The molecule has 1 rings (SSSR count). The summed E-state index contributed by atoms with van der Waals surface area (Å²) in [5.74, 6) is 0.281. The topological polar surface area (TPSA) is 29.5 Å². The molecular weight excluding hydrogens is 222 g/mol. The van der Waals surface area contributed by atoms with Crippen LogP contribution in [0, 0.1) is 0 Å². The predicted octanol–water partition coefficient (Wildman–Crippen LogP) is 2.03. The van der Waals surface area contributed by atoms with E-state index in [0.29, 0.717) is 18.9 Å². The van der Waals surface area contributed by atoms with Gasteiger partial charge in [-0.3, -0.25) is 4.79 Å². The Hall–Kier alpha value is -1.16. The van der Waals surface area contributed by atoms with Gasteiger partial charge in [0.05, 0.1) is 12.3 Å². The van der Waals surface area contributed by atoms with Crippen molar-refractivity contribution in [2.45, 2.75) is 0 Å². The summed E-state index contributed by atoms with van der Waals surface area (Å²) in [6, 6.07) is 10.0. The highest BCUT2D eigenvalue weighted by Crippen LogP contribution is 2.10. The molecule has 16 heavy (non-hydrogen) atoms. The molecule has 88 valence electrons. The number of esters is 1. The van der Waals surface area contributed by atoms with Crippen molar-refractivity contribution in [3.63, 3.8) is 0 Å². The van der Waals surface area contributed by atoms with Crippen molar-refractivity contribution in [2.75, 3.05) is 37.1 Å². The fourth-order valence-corrected chi connectivity index (χ4v) is 1.59. The molecular formula is C12H17NO2S. The molecule has 0 atom stereocenters. The zero-order valence-corrected chi connectivity index (χ0v) is 10.5. The number of carbonyl (C=O) groups excluding carboxylic acids is 1. The van der Waals surface area contributed by atoms with Gasteiger partial charge in [-0.25, -0.2) is 0 Å². The van der Waals surface area contributed by atoms with Crippen molar-refractivity contribution in [3.05, 3.63) is 30.3 Å². The average Bonchev–Trinajstić information content (AvgIpc) is 2.30. The highest BCUT2D eigenvalue weighted by Gasteiger charge is 2.03. The van der Waals surface area contributed by atoms with E-state index in [2.05, 4.69) is 4.90 Å². The number of thioether (sulfide) groups is 1. The molecule has 4 heteroatoms. The summed E-state index contributed by atoms with van der Waals surface area (Å²) < 4.78 is 5.07. The smallest absolute Gasteiger partial charge is 0.315 e. The number of ether oxygens (including phenoxy) is 1. The molecule has 0 amide bonds. The van der Waals surface area contributed by atoms with Gasteiger partial charge in [0.1, 0.15) is 6.61 Å². The van der Waals surface area contributed by atoms with Crippen molar-refractivity contribution >= 4 is 23.4 Å². The van der Waals surface area contributed by atoms with Crippen molar-refractivity contribution in [2.24, 2.45) is 0 Å². The zero-order valence-electron chi connectivity index (χ0n) is 9.68. The molecule has 0 aliphatic rings. The second kappa shape index (κ2) is 7.17. The van der Waals surface area contributed by atoms with Gasteiger partial charge in [-0.05, 0) is 18.4 Å². The van der Waals surface area contributed by atoms with Gasteiger partial charge in [0.2, 0.25) is 0 Å². The minimum atomic E-state index is -0.144. The van der Waals surface area contributed by atoms with Crippen molar-refractivity contribution in [1.82, 2.24) is 0 Å². The quantitative estimate of drug-likeness (QED) is 0.710. The number of nitrogens with zero attached hydrogens (tertiary/aromatic N) is 1. The van der Waals surface area contributed by atoms with Gasteiger partial charge in [0.25, 0.3) is 0 Å². The first kappa shape index (κ1) is 12.9. The third kappa shape index (κ3) is 4.57. The molecule has 0 heterocycles. The van der Waals surface area contributed by atoms with Crippen LogP contribution in [0.15, 0.2) is 30.3 Å². The van der Waals surface area contributed by atoms with Gasteiger partial charge >= 0.3 is 5.97 Å². The maximum Gasteiger partial charge on any atom is 0.315 e. The second-order valence-corrected chi connectivity index (χ2v) is 4.28. The SMILES string of the molecule is CSCC(=O)OCCN(C)c1ccccc1. The van der Waals surface area contributed by atoms with Crippen molar-refractivity contribution in [1.29, 1.82) is 0 Å². The summed E-state index contributed by atoms with van der Waals surface area (Å²) in [5.41, 5.74) is 1.13. The van der Waals surface area contributed by atoms with E-state index in [1.54, 1.807) is 0 Å². The Morgan fingerprint density at radius 2 is 2.06 bits per heavy atom. The highest BCUT2D eigenvalue weighted by atomic mass is 32.2. The van der Waals surface area contributed by atoms with Gasteiger partial charge in [0.15, 0.2) is 0 Å². The molecule has 0 N–H and O–H groups in total. The van der Waals surface area contributed by atoms with Gasteiger partial charge in [-0.2, -0.15) is 11.8 Å². The van der Waals surface area contributed by atoms with Gasteiger partial charge in [-0.1, -0.05) is 18.2 Å². The lowest BCUT2D eigenvalue weighted by Gasteiger charge is -2.18. The summed E-state index contributed by atoms with van der Waals surface area (Å²) in [5, 5.41) is 0. The molecule has 0 fully saturated rings. The molecule has 0 saturated carbocycles. The summed E-state index contributed by atoms with van der Waals surface area (Å²) >= 11 is 1.48. The maximum atomic E-state index is 11.1. The second-order valence-electron chi connectivity index (χ2n) is 3.41. The molecule has 0 spiro atoms. The van der Waals surface area contributed by atoms with Crippen LogP contribution < -0.4 is 4.90 Å². The maximum absolute atomic E-state index is 11.1. The van der Waals surface area contributed by atoms with Crippen LogP contribution in [-0.4, -0.2) is 38.2 Å². The minimum Gasteiger partial charge on any atom is -0.463 e. The molecule has 0 aliphatic heterocycles. The summed E-state index contributed by atoms with van der Waals surface area (Å²) in [4.78, 5) is 13.2. The van der Waals surface area contributed by atoms with Crippen LogP contribution in [0.4, 0.5) is 5.69 Å². The Bertz CT molecular complexity index is 316. The third-order valence-electron chi connectivity index (χ3n) is 2.15. The zero-order chi connectivity index (χ0) is 11.8. The van der Waals surface area contributed by atoms with E-state index in [0.717, 1.165) is 5.69 Å². The summed E-state index contributed by atoms with van der Waals surface area (Å²) in [6.45, 7) is 1.15. The van der Waals surface area contributed by atoms with E-state index in [1.807, 2.05) is 43.6 Å². The number of likely N-dealkylation sites (N-methyl/N-ethyl adjacent to an activating group) is 1. The van der Waals surface area contributed by atoms with E-state index >= 15 is 0 Å². The Morgan fingerprint density at radius 1 is 1.38 bits per heavy atom. The number of benzene rings is 1. The van der Waals surface area contributed by atoms with E-state index in [1.165, 1.54) is 11.8 Å². The molecule has 1 aromatic carbocycles. The van der Waals surface area contributed by atoms with E-state index in [-0.39, 0.29) is 5.97 Å². The predicted molar refractivity (Wildman–Crippen MR) is 69.1 cm³/mol. The molecule has 0 aliphatic carbocycles. The standard InChI is InChI=1S/C12H17NO2S/c1-13(11-6-4-3-5-7-11)8-9-15-12(14)10-16-2/h3-7H,8-10H2,1-2H3. The summed E-state index contributed by atoms with van der Waals surface area (Å²) in [6.07, 6.45) is 1.89. The van der Waals surface area contributed by atoms with Crippen LogP contribution >= 0.6 is 11.8 Å². The Morgan fingerprint density at radius 3 is 2.69 bits per heavy atom. The fourth-order valence-electron chi connectivity index (χ4n) is 1.27. The normalized spacial score (nSPS) is 9.88. The monoisotopic (exact) mass is 239 g/mol. The Balaban J connectivity index is 2.26. The first-order valence-corrected chi connectivity index (χ1v) is 6.54. The van der Waals surface area contributed by atoms with Crippen LogP contribution in [0.3, 0.4) is 0 Å². The van der Waals surface area contributed by atoms with Crippen LogP contribution in [0.1, 0.15) is 0 Å². The van der Waals surface area contributed by atoms with Crippen LogP contribution in [-0.2, 0) is 9.53 Å². The Kier molecular flexibility index (Phi) is 5.78. The first-order chi connectivity index (χ1) is 7.74. The number of rotatable bonds is 6. The van der Waals surface area contributed by atoms with Crippen LogP contribution in [0.25, 0.3) is 0 Å². The van der Waals surface area contributed by atoms with Crippen LogP contribution in [0.2, 0.25) is 0 Å². The van der Waals surface area contributed by atoms with Crippen LogP contribution in [0.5, 0.6) is 0 Å². The largest absolute Gasteiger partial charge is 0.463 e. The van der Waals surface area contributed by atoms with E-state index in [4.69, 9.17) is 4.74 Å². The molecule has 3 nitrogen and oxygen atoms in total. The van der Waals surface area contributed by atoms with Gasteiger partial charge < -0.3 is 9.64 Å². The third-order valence-corrected chi connectivity index (χ3v) is 2.67.